The van der Waals surface area contributed by atoms with E-state index >= 15 is 0 Å². The first kappa shape index (κ1) is 7.47. The Hall–Kier alpha value is -1.64. The summed E-state index contributed by atoms with van der Waals surface area (Å²) in [5.74, 6) is -0.437. The number of carbonyl (C=O) groups excluding carboxylic acids is 1. The van der Waals surface area contributed by atoms with Gasteiger partial charge in [-0.05, 0) is 12.1 Å². The first-order valence-electron chi connectivity index (χ1n) is 3.06. The molecule has 0 N–H and O–H groups in total. The van der Waals surface area contributed by atoms with E-state index in [2.05, 4.69) is 16.3 Å². The minimum absolute atomic E-state index is 0.424. The van der Waals surface area contributed by atoms with E-state index in [0.717, 1.165) is 6.26 Å². The minimum atomic E-state index is -0.437. The lowest BCUT2D eigenvalue weighted by Crippen LogP contribution is -1.99. The highest BCUT2D eigenvalue weighted by atomic mass is 16.5. The van der Waals surface area contributed by atoms with Gasteiger partial charge in [0.1, 0.15) is 0 Å². The van der Waals surface area contributed by atoms with E-state index in [1.807, 2.05) is 0 Å². The summed E-state index contributed by atoms with van der Waals surface area (Å²) in [5, 5.41) is 0. The Kier molecular flexibility index (Phi) is 2.38. The number of pyridine rings is 1. The maximum Gasteiger partial charge on any atom is 0.344 e. The molecule has 0 aliphatic carbocycles. The quantitative estimate of drug-likeness (QED) is 0.471. The molecule has 3 nitrogen and oxygen atoms in total. The molecule has 0 saturated carbocycles. The van der Waals surface area contributed by atoms with Crippen molar-refractivity contribution < 1.29 is 9.53 Å². The molecular formula is C8H7NO2. The summed E-state index contributed by atoms with van der Waals surface area (Å²) in [4.78, 5) is 14.7. The lowest BCUT2D eigenvalue weighted by atomic mass is 10.3. The van der Waals surface area contributed by atoms with Crippen LogP contribution in [0.15, 0.2) is 37.4 Å². The Morgan fingerprint density at radius 1 is 1.73 bits per heavy atom. The van der Waals surface area contributed by atoms with E-state index in [1.165, 1.54) is 6.20 Å². The van der Waals surface area contributed by atoms with Crippen LogP contribution in [0.2, 0.25) is 0 Å². The second kappa shape index (κ2) is 3.51. The molecule has 0 bridgehead atoms. The normalized spacial score (nSPS) is 8.73. The van der Waals surface area contributed by atoms with Crippen LogP contribution in [-0.2, 0) is 4.74 Å². The Morgan fingerprint density at radius 2 is 2.55 bits per heavy atom. The fourth-order valence-corrected chi connectivity index (χ4v) is 0.627. The van der Waals surface area contributed by atoms with Crippen LogP contribution in [-0.4, -0.2) is 11.0 Å². The largest absolute Gasteiger partial charge is 0.431 e. The molecular weight excluding hydrogens is 142 g/mol. The van der Waals surface area contributed by atoms with Gasteiger partial charge in [0.25, 0.3) is 0 Å². The van der Waals surface area contributed by atoms with Gasteiger partial charge in [0.2, 0.25) is 0 Å². The Morgan fingerprint density at radius 3 is 3.09 bits per heavy atom. The Labute approximate surface area is 64.3 Å². The summed E-state index contributed by atoms with van der Waals surface area (Å²) in [7, 11) is 0. The topological polar surface area (TPSA) is 39.2 Å². The lowest BCUT2D eigenvalue weighted by molar-refractivity contribution is 0.0664. The number of carbonyl (C=O) groups is 1. The zero-order valence-corrected chi connectivity index (χ0v) is 5.86. The van der Waals surface area contributed by atoms with Crippen molar-refractivity contribution in [2.75, 3.05) is 0 Å². The lowest BCUT2D eigenvalue weighted by Gasteiger charge is -1.95. The van der Waals surface area contributed by atoms with Crippen LogP contribution >= 0.6 is 0 Å². The zero-order valence-electron chi connectivity index (χ0n) is 5.86. The average Bonchev–Trinajstić information content (AvgIpc) is 2.07. The van der Waals surface area contributed by atoms with E-state index < -0.39 is 5.97 Å². The van der Waals surface area contributed by atoms with Crippen LogP contribution in [0, 0.1) is 0 Å². The molecule has 0 aromatic carbocycles. The number of hydrogen-bond acceptors (Lipinski definition) is 3. The van der Waals surface area contributed by atoms with E-state index in [1.54, 1.807) is 18.3 Å². The van der Waals surface area contributed by atoms with Gasteiger partial charge in [0.05, 0.1) is 11.8 Å². The van der Waals surface area contributed by atoms with Crippen molar-refractivity contribution in [1.82, 2.24) is 4.98 Å². The summed E-state index contributed by atoms with van der Waals surface area (Å²) in [6.45, 7) is 3.26. The molecule has 0 atom stereocenters. The third-order valence-electron chi connectivity index (χ3n) is 1.09. The molecule has 1 rings (SSSR count). The second-order valence-corrected chi connectivity index (χ2v) is 1.81. The molecule has 0 radical (unpaired) electrons. The molecule has 0 spiro atoms. The fraction of sp³-hybridized carbons (Fsp3) is 0. The van der Waals surface area contributed by atoms with Crippen LogP contribution in [0.5, 0.6) is 0 Å². The fourth-order valence-electron chi connectivity index (χ4n) is 0.627. The SMILES string of the molecule is C=COC(=O)c1cccnc1. The van der Waals surface area contributed by atoms with Gasteiger partial charge < -0.3 is 4.74 Å². The number of esters is 1. The summed E-state index contributed by atoms with van der Waals surface area (Å²) in [6, 6.07) is 3.29. The standard InChI is InChI=1S/C8H7NO2/c1-2-11-8(10)7-4-3-5-9-6-7/h2-6H,1H2. The molecule has 1 heterocycles. The number of nitrogens with zero attached hydrogens (tertiary/aromatic N) is 1. The molecule has 3 heteroatoms. The van der Waals surface area contributed by atoms with Gasteiger partial charge in [-0.3, -0.25) is 4.98 Å². The van der Waals surface area contributed by atoms with Crippen molar-refractivity contribution >= 4 is 5.97 Å². The van der Waals surface area contributed by atoms with Crippen LogP contribution in [0.25, 0.3) is 0 Å². The summed E-state index contributed by atoms with van der Waals surface area (Å²) < 4.78 is 4.51. The number of ether oxygens (including phenoxy) is 1. The molecule has 0 aliphatic heterocycles. The van der Waals surface area contributed by atoms with Crippen molar-refractivity contribution in [2.24, 2.45) is 0 Å². The first-order valence-corrected chi connectivity index (χ1v) is 3.06. The molecule has 1 aromatic rings. The smallest absolute Gasteiger partial charge is 0.344 e. The van der Waals surface area contributed by atoms with E-state index in [-0.39, 0.29) is 0 Å². The van der Waals surface area contributed by atoms with Gasteiger partial charge >= 0.3 is 5.97 Å². The summed E-state index contributed by atoms with van der Waals surface area (Å²) in [5.41, 5.74) is 0.424. The summed E-state index contributed by atoms with van der Waals surface area (Å²) >= 11 is 0. The van der Waals surface area contributed by atoms with Gasteiger partial charge in [-0.25, -0.2) is 4.79 Å². The van der Waals surface area contributed by atoms with Crippen molar-refractivity contribution in [3.63, 3.8) is 0 Å². The highest BCUT2D eigenvalue weighted by Crippen LogP contribution is 1.97. The Balaban J connectivity index is 2.77. The molecule has 0 fully saturated rings. The van der Waals surface area contributed by atoms with E-state index in [0.29, 0.717) is 5.56 Å². The van der Waals surface area contributed by atoms with Gasteiger partial charge in [-0.2, -0.15) is 0 Å². The first-order chi connectivity index (χ1) is 5.34. The average molecular weight is 149 g/mol. The number of hydrogen-bond donors (Lipinski definition) is 0. The maximum absolute atomic E-state index is 10.9. The number of rotatable bonds is 2. The van der Waals surface area contributed by atoms with Crippen molar-refractivity contribution in [3.05, 3.63) is 42.9 Å². The highest BCUT2D eigenvalue weighted by molar-refractivity contribution is 5.89. The van der Waals surface area contributed by atoms with E-state index in [4.69, 9.17) is 0 Å². The van der Waals surface area contributed by atoms with Gasteiger partial charge in [-0.1, -0.05) is 6.58 Å². The van der Waals surface area contributed by atoms with Crippen LogP contribution in [0.1, 0.15) is 10.4 Å². The van der Waals surface area contributed by atoms with Gasteiger partial charge in [0, 0.05) is 12.4 Å². The zero-order chi connectivity index (χ0) is 8.10. The third-order valence-corrected chi connectivity index (χ3v) is 1.09. The highest BCUT2D eigenvalue weighted by Gasteiger charge is 2.02. The molecule has 0 saturated heterocycles. The molecule has 11 heavy (non-hydrogen) atoms. The number of aromatic nitrogens is 1. The third kappa shape index (κ3) is 1.89. The molecule has 0 unspecified atom stereocenters. The predicted molar refractivity (Wildman–Crippen MR) is 39.8 cm³/mol. The Bertz CT molecular complexity index is 256. The monoisotopic (exact) mass is 149 g/mol. The predicted octanol–water partition coefficient (Wildman–Crippen LogP) is 1.38. The van der Waals surface area contributed by atoms with Gasteiger partial charge in [0.15, 0.2) is 0 Å². The van der Waals surface area contributed by atoms with Gasteiger partial charge in [-0.15, -0.1) is 0 Å². The molecule has 56 valence electrons. The second-order valence-electron chi connectivity index (χ2n) is 1.81. The van der Waals surface area contributed by atoms with Crippen LogP contribution < -0.4 is 0 Å². The minimum Gasteiger partial charge on any atom is -0.431 e. The van der Waals surface area contributed by atoms with Crippen molar-refractivity contribution in [1.29, 1.82) is 0 Å². The van der Waals surface area contributed by atoms with Crippen molar-refractivity contribution in [2.45, 2.75) is 0 Å². The maximum atomic E-state index is 10.9. The van der Waals surface area contributed by atoms with Crippen LogP contribution in [0.4, 0.5) is 0 Å². The van der Waals surface area contributed by atoms with E-state index in [9.17, 15) is 4.79 Å². The van der Waals surface area contributed by atoms with Crippen molar-refractivity contribution in [3.8, 4) is 0 Å². The molecule has 0 amide bonds. The summed E-state index contributed by atoms with van der Waals surface area (Å²) in [6.07, 6.45) is 4.12. The molecule has 0 aliphatic rings. The molecule has 1 aromatic heterocycles. The van der Waals surface area contributed by atoms with Crippen LogP contribution in [0.3, 0.4) is 0 Å².